The van der Waals surface area contributed by atoms with Gasteiger partial charge >= 0.3 is 0 Å². The summed E-state index contributed by atoms with van der Waals surface area (Å²) in [6.07, 6.45) is 2.13. The number of aryl methyl sites for hydroxylation is 1. The lowest BCUT2D eigenvalue weighted by molar-refractivity contribution is -0.116. The number of carbonyl (C=O) groups is 1. The molecular weight excluding hydrogens is 389 g/mol. The van der Waals surface area contributed by atoms with Crippen molar-refractivity contribution in [3.63, 3.8) is 0 Å². The van der Waals surface area contributed by atoms with E-state index >= 15 is 0 Å². The standard InChI is InChI=1S/C19H13ClFN3O2S/c20-12-3-6-14-16(9-12)27-19(23-14)24-17(25)7-8-18-22-10-15(26-18)11-1-4-13(21)5-2-11/h1-6,9-10H,7-8H2,(H,23,24,25). The molecule has 0 bridgehead atoms. The van der Waals surface area contributed by atoms with E-state index in [1.54, 1.807) is 24.4 Å². The van der Waals surface area contributed by atoms with E-state index < -0.39 is 0 Å². The molecule has 0 fully saturated rings. The molecule has 2 heterocycles. The zero-order valence-corrected chi connectivity index (χ0v) is 15.5. The number of fused-ring (bicyclic) bond motifs is 1. The Labute approximate surface area is 162 Å². The third-order valence-corrected chi connectivity index (χ3v) is 5.01. The van der Waals surface area contributed by atoms with E-state index in [2.05, 4.69) is 15.3 Å². The van der Waals surface area contributed by atoms with Gasteiger partial charge in [0.05, 0.1) is 16.4 Å². The zero-order valence-electron chi connectivity index (χ0n) is 13.9. The number of nitrogens with one attached hydrogen (secondary N) is 1. The second-order valence-corrected chi connectivity index (χ2v) is 7.27. The molecule has 2 aromatic carbocycles. The fourth-order valence-corrected chi connectivity index (χ4v) is 3.69. The number of hydrogen-bond acceptors (Lipinski definition) is 5. The normalized spacial score (nSPS) is 11.0. The predicted octanol–water partition coefficient (Wildman–Crippen LogP) is 5.32. The Morgan fingerprint density at radius 3 is 2.85 bits per heavy atom. The van der Waals surface area contributed by atoms with Gasteiger partial charge in [0.2, 0.25) is 5.91 Å². The fraction of sp³-hybridized carbons (Fsp3) is 0.105. The quantitative estimate of drug-likeness (QED) is 0.491. The fourth-order valence-electron chi connectivity index (χ4n) is 2.53. The molecule has 4 aromatic rings. The minimum atomic E-state index is -0.313. The van der Waals surface area contributed by atoms with Crippen molar-refractivity contribution < 1.29 is 13.6 Å². The summed E-state index contributed by atoms with van der Waals surface area (Å²) in [5.74, 6) is 0.489. The smallest absolute Gasteiger partial charge is 0.226 e. The van der Waals surface area contributed by atoms with Crippen molar-refractivity contribution in [1.82, 2.24) is 9.97 Å². The number of carbonyl (C=O) groups excluding carboxylic acids is 1. The summed E-state index contributed by atoms with van der Waals surface area (Å²) >= 11 is 7.33. The van der Waals surface area contributed by atoms with Crippen LogP contribution in [-0.2, 0) is 11.2 Å². The number of aromatic nitrogens is 2. The molecule has 0 radical (unpaired) electrons. The molecule has 1 N–H and O–H groups in total. The number of amides is 1. The van der Waals surface area contributed by atoms with Gasteiger partial charge in [-0.2, -0.15) is 0 Å². The maximum Gasteiger partial charge on any atom is 0.226 e. The van der Waals surface area contributed by atoms with Gasteiger partial charge in [0.1, 0.15) is 5.82 Å². The van der Waals surface area contributed by atoms with Crippen LogP contribution in [0.15, 0.2) is 53.1 Å². The van der Waals surface area contributed by atoms with E-state index in [1.165, 1.54) is 23.5 Å². The Bertz CT molecular complexity index is 1110. The number of nitrogens with zero attached hydrogens (tertiary/aromatic N) is 2. The summed E-state index contributed by atoms with van der Waals surface area (Å²) in [6.45, 7) is 0. The van der Waals surface area contributed by atoms with Gasteiger partial charge in [-0.25, -0.2) is 14.4 Å². The third-order valence-electron chi connectivity index (χ3n) is 3.85. The third kappa shape index (κ3) is 4.15. The molecule has 0 atom stereocenters. The topological polar surface area (TPSA) is 68.0 Å². The lowest BCUT2D eigenvalue weighted by Gasteiger charge is -1.99. The average molecular weight is 402 g/mol. The van der Waals surface area contributed by atoms with Crippen LogP contribution >= 0.6 is 22.9 Å². The van der Waals surface area contributed by atoms with Crippen molar-refractivity contribution in [3.05, 3.63) is 65.4 Å². The van der Waals surface area contributed by atoms with E-state index in [0.29, 0.717) is 28.2 Å². The summed E-state index contributed by atoms with van der Waals surface area (Å²) < 4.78 is 19.5. The van der Waals surface area contributed by atoms with Crippen molar-refractivity contribution in [3.8, 4) is 11.3 Å². The molecule has 0 aliphatic carbocycles. The number of benzene rings is 2. The number of halogens is 2. The van der Waals surface area contributed by atoms with Crippen LogP contribution in [0.5, 0.6) is 0 Å². The Kier molecular flexibility index (Phi) is 4.87. The summed E-state index contributed by atoms with van der Waals surface area (Å²) in [4.78, 5) is 20.7. The highest BCUT2D eigenvalue weighted by Crippen LogP contribution is 2.28. The number of hydrogen-bond donors (Lipinski definition) is 1. The van der Waals surface area contributed by atoms with E-state index in [-0.39, 0.29) is 18.1 Å². The molecule has 0 aliphatic rings. The predicted molar refractivity (Wildman–Crippen MR) is 103 cm³/mol. The van der Waals surface area contributed by atoms with Crippen LogP contribution in [0.1, 0.15) is 12.3 Å². The van der Waals surface area contributed by atoms with E-state index in [9.17, 15) is 9.18 Å². The van der Waals surface area contributed by atoms with Crippen molar-refractivity contribution in [2.45, 2.75) is 12.8 Å². The van der Waals surface area contributed by atoms with Gasteiger partial charge in [-0.05, 0) is 42.5 Å². The minimum Gasteiger partial charge on any atom is -0.441 e. The zero-order chi connectivity index (χ0) is 18.8. The first-order valence-corrected chi connectivity index (χ1v) is 9.33. The summed E-state index contributed by atoms with van der Waals surface area (Å²) in [7, 11) is 0. The number of oxazole rings is 1. The molecule has 8 heteroatoms. The highest BCUT2D eigenvalue weighted by molar-refractivity contribution is 7.22. The van der Waals surface area contributed by atoms with Crippen molar-refractivity contribution >= 4 is 44.2 Å². The maximum atomic E-state index is 13.0. The molecule has 1 amide bonds. The molecule has 0 spiro atoms. The second kappa shape index (κ2) is 7.46. The van der Waals surface area contributed by atoms with Gasteiger partial charge in [-0.3, -0.25) is 4.79 Å². The van der Waals surface area contributed by atoms with Crippen LogP contribution in [0.2, 0.25) is 5.02 Å². The van der Waals surface area contributed by atoms with Gasteiger partial charge in [0.25, 0.3) is 0 Å². The van der Waals surface area contributed by atoms with Gasteiger partial charge in [0, 0.05) is 23.4 Å². The van der Waals surface area contributed by atoms with Gasteiger partial charge in [0.15, 0.2) is 16.8 Å². The lowest BCUT2D eigenvalue weighted by atomic mass is 10.2. The molecule has 136 valence electrons. The monoisotopic (exact) mass is 401 g/mol. The van der Waals surface area contributed by atoms with Crippen LogP contribution < -0.4 is 5.32 Å². The molecule has 27 heavy (non-hydrogen) atoms. The lowest BCUT2D eigenvalue weighted by Crippen LogP contribution is -2.12. The SMILES string of the molecule is O=C(CCc1ncc(-c2ccc(F)cc2)o1)Nc1nc2ccc(Cl)cc2s1. The van der Waals surface area contributed by atoms with E-state index in [1.807, 2.05) is 12.1 Å². The van der Waals surface area contributed by atoms with Crippen molar-refractivity contribution in [1.29, 1.82) is 0 Å². The Balaban J connectivity index is 1.36. The first kappa shape index (κ1) is 17.6. The first-order chi connectivity index (χ1) is 13.1. The molecular formula is C19H13ClFN3O2S. The Morgan fingerprint density at radius 1 is 1.22 bits per heavy atom. The summed E-state index contributed by atoms with van der Waals surface area (Å²) in [5, 5.41) is 3.93. The van der Waals surface area contributed by atoms with Gasteiger partial charge in [-0.15, -0.1) is 0 Å². The Morgan fingerprint density at radius 2 is 2.04 bits per heavy atom. The second-order valence-electron chi connectivity index (χ2n) is 5.80. The van der Waals surface area contributed by atoms with Crippen LogP contribution in [-0.4, -0.2) is 15.9 Å². The summed E-state index contributed by atoms with van der Waals surface area (Å²) in [6, 6.07) is 11.3. The van der Waals surface area contributed by atoms with E-state index in [0.717, 1.165) is 15.8 Å². The molecule has 2 aromatic heterocycles. The molecule has 0 saturated heterocycles. The molecule has 0 unspecified atom stereocenters. The first-order valence-electron chi connectivity index (χ1n) is 8.13. The molecule has 5 nitrogen and oxygen atoms in total. The number of rotatable bonds is 5. The highest BCUT2D eigenvalue weighted by Gasteiger charge is 2.11. The molecule has 4 rings (SSSR count). The Hall–Kier alpha value is -2.77. The number of thiazole rings is 1. The van der Waals surface area contributed by atoms with Crippen LogP contribution in [0, 0.1) is 5.82 Å². The van der Waals surface area contributed by atoms with Gasteiger partial charge < -0.3 is 9.73 Å². The van der Waals surface area contributed by atoms with Crippen LogP contribution in [0.3, 0.4) is 0 Å². The van der Waals surface area contributed by atoms with Gasteiger partial charge in [-0.1, -0.05) is 22.9 Å². The number of anilines is 1. The van der Waals surface area contributed by atoms with E-state index in [4.69, 9.17) is 16.0 Å². The molecule has 0 saturated carbocycles. The highest BCUT2D eigenvalue weighted by atomic mass is 35.5. The van der Waals surface area contributed by atoms with Crippen molar-refractivity contribution in [2.24, 2.45) is 0 Å². The molecule has 0 aliphatic heterocycles. The van der Waals surface area contributed by atoms with Crippen molar-refractivity contribution in [2.75, 3.05) is 5.32 Å². The largest absolute Gasteiger partial charge is 0.441 e. The van der Waals surface area contributed by atoms with Crippen LogP contribution in [0.25, 0.3) is 21.5 Å². The summed E-state index contributed by atoms with van der Waals surface area (Å²) in [5.41, 5.74) is 1.52. The van der Waals surface area contributed by atoms with Crippen LogP contribution in [0.4, 0.5) is 9.52 Å². The minimum absolute atomic E-state index is 0.179. The maximum absolute atomic E-state index is 13.0. The average Bonchev–Trinajstić information content (AvgIpc) is 3.26.